The Morgan fingerprint density at radius 1 is 1.24 bits per heavy atom. The summed E-state index contributed by atoms with van der Waals surface area (Å²) < 4.78 is 5.28. The molecule has 0 bridgehead atoms. The fourth-order valence-corrected chi connectivity index (χ4v) is 3.17. The number of hydrogen-bond donors (Lipinski definition) is 1. The lowest BCUT2D eigenvalue weighted by Crippen LogP contribution is -2.47. The number of methoxy groups -OCH3 is 1. The smallest absolute Gasteiger partial charge is 0.0615 e. The highest BCUT2D eigenvalue weighted by Crippen LogP contribution is 2.24. The van der Waals surface area contributed by atoms with Crippen LogP contribution in [0.15, 0.2) is 0 Å². The molecule has 0 radical (unpaired) electrons. The standard InChI is InChI=1S/C14H30N2O/c1-5-15-13-7-9-14(10-8-13)16(6-2)12(3)11-17-4/h12-15H,5-11H2,1-4H3. The van der Waals surface area contributed by atoms with Gasteiger partial charge < -0.3 is 10.1 Å². The number of likely N-dealkylation sites (N-methyl/N-ethyl adjacent to an activating group) is 1. The molecular formula is C14H30N2O. The van der Waals surface area contributed by atoms with Gasteiger partial charge in [0.15, 0.2) is 0 Å². The third-order valence-corrected chi connectivity index (χ3v) is 4.00. The maximum absolute atomic E-state index is 5.28. The highest BCUT2D eigenvalue weighted by Gasteiger charge is 2.27. The number of hydrogen-bond acceptors (Lipinski definition) is 3. The summed E-state index contributed by atoms with van der Waals surface area (Å²) in [5.74, 6) is 0. The fourth-order valence-electron chi connectivity index (χ4n) is 3.17. The van der Waals surface area contributed by atoms with E-state index >= 15 is 0 Å². The van der Waals surface area contributed by atoms with Crippen LogP contribution in [0.4, 0.5) is 0 Å². The summed E-state index contributed by atoms with van der Waals surface area (Å²) in [6.07, 6.45) is 5.32. The Morgan fingerprint density at radius 2 is 1.88 bits per heavy atom. The number of nitrogens with one attached hydrogen (secondary N) is 1. The molecule has 0 heterocycles. The van der Waals surface area contributed by atoms with Crippen LogP contribution in [0.25, 0.3) is 0 Å². The molecule has 1 saturated carbocycles. The van der Waals surface area contributed by atoms with Crippen molar-refractivity contribution in [2.45, 2.75) is 64.6 Å². The van der Waals surface area contributed by atoms with Crippen molar-refractivity contribution in [3.8, 4) is 0 Å². The second-order valence-electron chi connectivity index (χ2n) is 5.20. The van der Waals surface area contributed by atoms with Gasteiger partial charge in [-0.15, -0.1) is 0 Å². The molecule has 1 rings (SSSR count). The summed E-state index contributed by atoms with van der Waals surface area (Å²) >= 11 is 0. The van der Waals surface area contributed by atoms with Crippen LogP contribution >= 0.6 is 0 Å². The van der Waals surface area contributed by atoms with Gasteiger partial charge in [-0.1, -0.05) is 13.8 Å². The van der Waals surface area contributed by atoms with Gasteiger partial charge in [-0.05, 0) is 45.7 Å². The van der Waals surface area contributed by atoms with Crippen LogP contribution in [-0.2, 0) is 4.74 Å². The Hall–Kier alpha value is -0.120. The lowest BCUT2D eigenvalue weighted by molar-refractivity contribution is 0.0556. The summed E-state index contributed by atoms with van der Waals surface area (Å²) in [7, 11) is 1.80. The summed E-state index contributed by atoms with van der Waals surface area (Å²) in [5.41, 5.74) is 0. The van der Waals surface area contributed by atoms with E-state index in [1.54, 1.807) is 7.11 Å². The molecule has 17 heavy (non-hydrogen) atoms. The molecule has 0 aromatic carbocycles. The van der Waals surface area contributed by atoms with E-state index in [0.717, 1.165) is 31.8 Å². The van der Waals surface area contributed by atoms with Crippen LogP contribution < -0.4 is 5.32 Å². The van der Waals surface area contributed by atoms with Crippen LogP contribution in [0, 0.1) is 0 Å². The number of rotatable bonds is 7. The van der Waals surface area contributed by atoms with Crippen molar-refractivity contribution in [3.63, 3.8) is 0 Å². The van der Waals surface area contributed by atoms with Crippen molar-refractivity contribution in [2.75, 3.05) is 26.8 Å². The molecule has 1 aliphatic carbocycles. The molecule has 0 aromatic rings. The van der Waals surface area contributed by atoms with Crippen LogP contribution in [0.5, 0.6) is 0 Å². The van der Waals surface area contributed by atoms with Gasteiger partial charge >= 0.3 is 0 Å². The van der Waals surface area contributed by atoms with Gasteiger partial charge in [-0.25, -0.2) is 0 Å². The summed E-state index contributed by atoms with van der Waals surface area (Å²) in [6.45, 7) is 9.84. The van der Waals surface area contributed by atoms with E-state index in [9.17, 15) is 0 Å². The molecule has 0 spiro atoms. The van der Waals surface area contributed by atoms with Crippen molar-refractivity contribution in [2.24, 2.45) is 0 Å². The van der Waals surface area contributed by atoms with E-state index in [-0.39, 0.29) is 0 Å². The number of nitrogens with zero attached hydrogens (tertiary/aromatic N) is 1. The second kappa shape index (κ2) is 8.06. The average Bonchev–Trinajstić information content (AvgIpc) is 2.33. The molecule has 1 atom stereocenters. The zero-order chi connectivity index (χ0) is 12.7. The minimum atomic E-state index is 0.547. The minimum absolute atomic E-state index is 0.547. The predicted octanol–water partition coefficient (Wildman–Crippen LogP) is 2.26. The molecule has 0 aromatic heterocycles. The molecule has 0 amide bonds. The molecule has 3 nitrogen and oxygen atoms in total. The van der Waals surface area contributed by atoms with Crippen molar-refractivity contribution < 1.29 is 4.74 Å². The normalized spacial score (nSPS) is 27.4. The van der Waals surface area contributed by atoms with Gasteiger partial charge in [0.25, 0.3) is 0 Å². The van der Waals surface area contributed by atoms with E-state index in [1.165, 1.54) is 25.7 Å². The topological polar surface area (TPSA) is 24.5 Å². The Labute approximate surface area is 107 Å². The van der Waals surface area contributed by atoms with E-state index in [0.29, 0.717) is 6.04 Å². The third-order valence-electron chi connectivity index (χ3n) is 4.00. The number of ether oxygens (including phenoxy) is 1. The highest BCUT2D eigenvalue weighted by molar-refractivity contribution is 4.84. The van der Waals surface area contributed by atoms with Gasteiger partial charge in [0.1, 0.15) is 0 Å². The lowest BCUT2D eigenvalue weighted by Gasteiger charge is -2.39. The van der Waals surface area contributed by atoms with Gasteiger partial charge in [0.05, 0.1) is 6.61 Å². The van der Waals surface area contributed by atoms with Crippen LogP contribution in [0.3, 0.4) is 0 Å². The Bertz CT molecular complexity index is 191. The van der Waals surface area contributed by atoms with E-state index in [2.05, 4.69) is 31.0 Å². The molecule has 0 saturated heterocycles. The van der Waals surface area contributed by atoms with Crippen molar-refractivity contribution in [3.05, 3.63) is 0 Å². The molecule has 3 heteroatoms. The Morgan fingerprint density at radius 3 is 2.35 bits per heavy atom. The quantitative estimate of drug-likeness (QED) is 0.741. The van der Waals surface area contributed by atoms with Gasteiger partial charge in [0.2, 0.25) is 0 Å². The first kappa shape index (κ1) is 14.9. The fraction of sp³-hybridized carbons (Fsp3) is 1.00. The van der Waals surface area contributed by atoms with Crippen molar-refractivity contribution in [1.29, 1.82) is 0 Å². The monoisotopic (exact) mass is 242 g/mol. The second-order valence-corrected chi connectivity index (χ2v) is 5.20. The average molecular weight is 242 g/mol. The summed E-state index contributed by atoms with van der Waals surface area (Å²) in [5, 5.41) is 3.57. The highest BCUT2D eigenvalue weighted by atomic mass is 16.5. The van der Waals surface area contributed by atoms with Gasteiger partial charge in [-0.2, -0.15) is 0 Å². The maximum Gasteiger partial charge on any atom is 0.0615 e. The van der Waals surface area contributed by atoms with Gasteiger partial charge in [-0.3, -0.25) is 4.90 Å². The van der Waals surface area contributed by atoms with Gasteiger partial charge in [0, 0.05) is 25.2 Å². The van der Waals surface area contributed by atoms with Crippen LogP contribution in [-0.4, -0.2) is 49.8 Å². The first-order chi connectivity index (χ1) is 8.22. The lowest BCUT2D eigenvalue weighted by atomic mass is 9.89. The van der Waals surface area contributed by atoms with E-state index in [4.69, 9.17) is 4.74 Å². The minimum Gasteiger partial charge on any atom is -0.383 e. The predicted molar refractivity (Wildman–Crippen MR) is 73.4 cm³/mol. The SMILES string of the molecule is CCNC1CCC(N(CC)C(C)COC)CC1. The molecule has 1 N–H and O–H groups in total. The van der Waals surface area contributed by atoms with Crippen molar-refractivity contribution >= 4 is 0 Å². The third kappa shape index (κ3) is 4.57. The first-order valence-corrected chi connectivity index (χ1v) is 7.20. The Balaban J connectivity index is 2.39. The Kier molecular flexibility index (Phi) is 7.09. The van der Waals surface area contributed by atoms with E-state index < -0.39 is 0 Å². The summed E-state index contributed by atoms with van der Waals surface area (Å²) in [4.78, 5) is 2.62. The first-order valence-electron chi connectivity index (χ1n) is 7.20. The summed E-state index contributed by atoms with van der Waals surface area (Å²) in [6, 6.07) is 2.07. The molecule has 1 aliphatic rings. The van der Waals surface area contributed by atoms with Crippen molar-refractivity contribution in [1.82, 2.24) is 10.2 Å². The molecular weight excluding hydrogens is 212 g/mol. The zero-order valence-corrected chi connectivity index (χ0v) is 12.0. The van der Waals surface area contributed by atoms with Crippen LogP contribution in [0.2, 0.25) is 0 Å². The molecule has 1 unspecified atom stereocenters. The maximum atomic E-state index is 5.28. The molecule has 0 aliphatic heterocycles. The zero-order valence-electron chi connectivity index (χ0n) is 12.0. The molecule has 1 fully saturated rings. The van der Waals surface area contributed by atoms with E-state index in [1.807, 2.05) is 0 Å². The largest absolute Gasteiger partial charge is 0.383 e. The molecule has 102 valence electrons. The van der Waals surface area contributed by atoms with Crippen LogP contribution in [0.1, 0.15) is 46.5 Å².